The lowest BCUT2D eigenvalue weighted by atomic mass is 9.71. The average molecular weight is 421 g/mol. The van der Waals surface area contributed by atoms with E-state index in [9.17, 15) is 4.79 Å². The van der Waals surface area contributed by atoms with Gasteiger partial charge in [0, 0.05) is 12.0 Å². The van der Waals surface area contributed by atoms with Crippen molar-refractivity contribution in [1.29, 1.82) is 0 Å². The van der Waals surface area contributed by atoms with Crippen molar-refractivity contribution < 1.29 is 9.32 Å². The first-order chi connectivity index (χ1) is 14.6. The van der Waals surface area contributed by atoms with Crippen molar-refractivity contribution in [2.75, 3.05) is 5.32 Å². The molecule has 0 saturated carbocycles. The number of rotatable bonds is 4. The fourth-order valence-corrected chi connectivity index (χ4v) is 4.51. The van der Waals surface area contributed by atoms with E-state index in [0.29, 0.717) is 18.2 Å². The minimum Gasteiger partial charge on any atom is -0.360 e. The molecule has 0 saturated heterocycles. The van der Waals surface area contributed by atoms with E-state index in [4.69, 9.17) is 4.52 Å². The Morgan fingerprint density at radius 3 is 2.74 bits per heavy atom. The van der Waals surface area contributed by atoms with Crippen molar-refractivity contribution in [1.82, 2.24) is 14.9 Å². The molecule has 3 aromatic rings. The Labute approximate surface area is 184 Å². The van der Waals surface area contributed by atoms with Gasteiger partial charge in [0.25, 0.3) is 5.91 Å². The number of nitrogens with one attached hydrogen (secondary N) is 1. The zero-order valence-corrected chi connectivity index (χ0v) is 19.4. The van der Waals surface area contributed by atoms with Gasteiger partial charge in [-0.1, -0.05) is 55.8 Å². The van der Waals surface area contributed by atoms with Gasteiger partial charge in [-0.15, -0.1) is 0 Å². The van der Waals surface area contributed by atoms with Gasteiger partial charge < -0.3 is 9.84 Å². The maximum absolute atomic E-state index is 13.1. The Morgan fingerprint density at radius 2 is 2.03 bits per heavy atom. The second kappa shape index (κ2) is 7.98. The molecule has 0 radical (unpaired) electrons. The summed E-state index contributed by atoms with van der Waals surface area (Å²) >= 11 is 0. The highest BCUT2D eigenvalue weighted by molar-refractivity contribution is 6.04. The minimum atomic E-state index is -0.221. The monoisotopic (exact) mass is 420 g/mol. The van der Waals surface area contributed by atoms with Crippen molar-refractivity contribution in [3.63, 3.8) is 0 Å². The number of aryl methyl sites for hydroxylation is 3. The number of anilines is 1. The number of carbonyl (C=O) groups excluding carboxylic acids is 1. The van der Waals surface area contributed by atoms with E-state index >= 15 is 0 Å². The van der Waals surface area contributed by atoms with Crippen LogP contribution in [0.25, 0.3) is 0 Å². The van der Waals surface area contributed by atoms with Crippen molar-refractivity contribution in [2.45, 2.75) is 67.3 Å². The molecule has 6 heteroatoms. The molecule has 2 heterocycles. The Hall–Kier alpha value is -2.89. The summed E-state index contributed by atoms with van der Waals surface area (Å²) in [6.45, 7) is 13.4. The first kappa shape index (κ1) is 21.3. The molecule has 1 unspecified atom stereocenters. The second-order valence-electron chi connectivity index (χ2n) is 9.89. The minimum absolute atomic E-state index is 0.187. The highest BCUT2D eigenvalue weighted by Gasteiger charge is 2.34. The fourth-order valence-electron chi connectivity index (χ4n) is 4.51. The maximum atomic E-state index is 13.1. The van der Waals surface area contributed by atoms with E-state index in [0.717, 1.165) is 47.7 Å². The van der Waals surface area contributed by atoms with Crippen molar-refractivity contribution in [3.05, 3.63) is 63.8 Å². The van der Waals surface area contributed by atoms with Crippen LogP contribution in [0.5, 0.6) is 0 Å². The molecule has 1 aliphatic rings. The molecule has 0 fully saturated rings. The van der Waals surface area contributed by atoms with Crippen LogP contribution in [0.3, 0.4) is 0 Å². The van der Waals surface area contributed by atoms with Crippen LogP contribution in [-0.4, -0.2) is 20.8 Å². The summed E-state index contributed by atoms with van der Waals surface area (Å²) < 4.78 is 7.47. The molecule has 0 bridgehead atoms. The van der Waals surface area contributed by atoms with Crippen molar-refractivity contribution in [3.8, 4) is 0 Å². The van der Waals surface area contributed by atoms with Gasteiger partial charge in [0.05, 0.1) is 23.6 Å². The first-order valence-electron chi connectivity index (χ1n) is 11.0. The number of aromatic nitrogens is 3. The lowest BCUT2D eigenvalue weighted by molar-refractivity contribution is 0.101. The Morgan fingerprint density at radius 1 is 1.26 bits per heavy atom. The van der Waals surface area contributed by atoms with Crippen LogP contribution in [0, 0.1) is 32.1 Å². The molecule has 6 nitrogen and oxygen atoms in total. The number of carbonyl (C=O) groups is 1. The second-order valence-corrected chi connectivity index (χ2v) is 9.89. The number of amides is 1. The number of benzene rings is 1. The third kappa shape index (κ3) is 4.29. The van der Waals surface area contributed by atoms with Gasteiger partial charge in [-0.2, -0.15) is 5.10 Å². The van der Waals surface area contributed by atoms with E-state index in [-0.39, 0.29) is 11.3 Å². The summed E-state index contributed by atoms with van der Waals surface area (Å²) in [5.41, 5.74) is 6.44. The van der Waals surface area contributed by atoms with Crippen LogP contribution in [0.2, 0.25) is 0 Å². The summed E-state index contributed by atoms with van der Waals surface area (Å²) in [5, 5.41) is 11.9. The molecule has 1 N–H and O–H groups in total. The van der Waals surface area contributed by atoms with E-state index in [1.807, 2.05) is 18.5 Å². The Kier molecular flexibility index (Phi) is 5.50. The van der Waals surface area contributed by atoms with Crippen LogP contribution in [-0.2, 0) is 19.4 Å². The Balaban J connectivity index is 1.55. The summed E-state index contributed by atoms with van der Waals surface area (Å²) in [5.74, 6) is 1.14. The summed E-state index contributed by atoms with van der Waals surface area (Å²) in [4.78, 5) is 13.1. The molecule has 0 aliphatic heterocycles. The average Bonchev–Trinajstić information content (AvgIpc) is 3.23. The first-order valence-corrected chi connectivity index (χ1v) is 11.0. The van der Waals surface area contributed by atoms with Gasteiger partial charge in [0.2, 0.25) is 0 Å². The molecular formula is C25H32N4O2. The number of hydrogen-bond donors (Lipinski definition) is 1. The number of nitrogens with zero attached hydrogens (tertiary/aromatic N) is 3. The Bertz CT molecular complexity index is 1120. The van der Waals surface area contributed by atoms with Gasteiger partial charge in [0.1, 0.15) is 5.76 Å². The van der Waals surface area contributed by atoms with Crippen LogP contribution in [0.15, 0.2) is 28.8 Å². The summed E-state index contributed by atoms with van der Waals surface area (Å²) in [6, 6.07) is 8.38. The molecule has 164 valence electrons. The smallest absolute Gasteiger partial charge is 0.278 e. The van der Waals surface area contributed by atoms with Gasteiger partial charge in [-0.3, -0.25) is 9.48 Å². The number of hydrogen-bond acceptors (Lipinski definition) is 4. The quantitative estimate of drug-likeness (QED) is 0.626. The normalized spacial score (nSPS) is 16.3. The molecule has 1 amide bonds. The lowest BCUT2D eigenvalue weighted by Crippen LogP contribution is -2.27. The zero-order valence-electron chi connectivity index (χ0n) is 19.4. The van der Waals surface area contributed by atoms with E-state index < -0.39 is 0 Å². The van der Waals surface area contributed by atoms with E-state index in [1.165, 1.54) is 11.1 Å². The van der Waals surface area contributed by atoms with Crippen LogP contribution in [0.1, 0.15) is 71.5 Å². The third-order valence-electron chi connectivity index (χ3n) is 6.51. The zero-order chi connectivity index (χ0) is 22.3. The predicted octanol–water partition coefficient (Wildman–Crippen LogP) is 5.25. The van der Waals surface area contributed by atoms with Crippen LogP contribution in [0.4, 0.5) is 5.69 Å². The molecule has 2 aromatic heterocycles. The van der Waals surface area contributed by atoms with Crippen molar-refractivity contribution >= 4 is 11.6 Å². The van der Waals surface area contributed by atoms with Crippen LogP contribution < -0.4 is 5.32 Å². The van der Waals surface area contributed by atoms with Gasteiger partial charge in [-0.25, -0.2) is 0 Å². The van der Waals surface area contributed by atoms with Crippen LogP contribution >= 0.6 is 0 Å². The van der Waals surface area contributed by atoms with Gasteiger partial charge in [0.15, 0.2) is 5.69 Å². The highest BCUT2D eigenvalue weighted by atomic mass is 16.5. The maximum Gasteiger partial charge on any atom is 0.278 e. The highest BCUT2D eigenvalue weighted by Crippen LogP contribution is 2.38. The largest absolute Gasteiger partial charge is 0.360 e. The molecule has 1 atom stereocenters. The number of fused-ring (bicyclic) bond motifs is 1. The van der Waals surface area contributed by atoms with Gasteiger partial charge in [-0.05, 0) is 50.5 Å². The standard InChI is InChI=1S/C25H32N4O2/c1-15-8-7-9-18(12-15)14-29-17(3)22(16(2)27-29)26-24(30)23-20-13-19(25(4,5)6)10-11-21(20)31-28-23/h7-9,12,19H,10-11,13-14H2,1-6H3,(H,26,30). The SMILES string of the molecule is Cc1cccc(Cn2nc(C)c(NC(=O)c3noc4c3CC(C(C)(C)C)CC4)c2C)c1. The summed E-state index contributed by atoms with van der Waals surface area (Å²) in [7, 11) is 0. The van der Waals surface area contributed by atoms with E-state index in [1.54, 1.807) is 0 Å². The molecule has 4 rings (SSSR count). The van der Waals surface area contributed by atoms with E-state index in [2.05, 4.69) is 67.5 Å². The molecule has 1 aliphatic carbocycles. The van der Waals surface area contributed by atoms with Gasteiger partial charge >= 0.3 is 0 Å². The molecular weight excluding hydrogens is 388 g/mol. The molecule has 0 spiro atoms. The topological polar surface area (TPSA) is 73.0 Å². The lowest BCUT2D eigenvalue weighted by Gasteiger charge is -2.33. The third-order valence-corrected chi connectivity index (χ3v) is 6.51. The molecule has 1 aromatic carbocycles. The summed E-state index contributed by atoms with van der Waals surface area (Å²) in [6.07, 6.45) is 2.73. The molecule has 31 heavy (non-hydrogen) atoms. The predicted molar refractivity (Wildman–Crippen MR) is 121 cm³/mol. The van der Waals surface area contributed by atoms with Crippen molar-refractivity contribution in [2.24, 2.45) is 11.3 Å². The fraction of sp³-hybridized carbons (Fsp3) is 0.480.